The SMILES string of the molecule is CC(C)C(C=O)NCCC(NC(=O)O)N[C@H](C(=O)NC(=O)O)C(C)C. The minimum Gasteiger partial charge on any atom is -0.465 e. The Morgan fingerprint density at radius 1 is 1.00 bits per heavy atom. The van der Waals surface area contributed by atoms with Gasteiger partial charge in [-0.15, -0.1) is 0 Å². The van der Waals surface area contributed by atoms with Crippen LogP contribution in [0.1, 0.15) is 34.1 Å². The van der Waals surface area contributed by atoms with Crippen LogP contribution in [0.15, 0.2) is 0 Å². The first-order chi connectivity index (χ1) is 11.6. The number of hydrogen-bond acceptors (Lipinski definition) is 6. The van der Waals surface area contributed by atoms with Gasteiger partial charge in [0.1, 0.15) is 6.29 Å². The first-order valence-electron chi connectivity index (χ1n) is 8.06. The minimum absolute atomic E-state index is 0.0844. The number of rotatable bonds is 11. The zero-order valence-corrected chi connectivity index (χ0v) is 14.9. The van der Waals surface area contributed by atoms with Crippen LogP contribution in [-0.2, 0) is 9.59 Å². The third-order valence-electron chi connectivity index (χ3n) is 3.54. The van der Waals surface area contributed by atoms with E-state index in [-0.39, 0.29) is 24.3 Å². The normalized spacial score (nSPS) is 14.6. The second-order valence-electron chi connectivity index (χ2n) is 6.33. The molecule has 0 aromatic carbocycles. The standard InChI is InChI=1S/C15H28N4O6/c1-8(2)10(7-20)16-6-5-11(18-14(22)23)17-12(9(3)4)13(21)19-15(24)25/h7-12,16-18H,5-6H2,1-4H3,(H,19,21)(H,22,23)(H,24,25)/t10?,11?,12-/m0/s1. The molecule has 10 nitrogen and oxygen atoms in total. The first-order valence-corrected chi connectivity index (χ1v) is 8.06. The van der Waals surface area contributed by atoms with Crippen molar-refractivity contribution in [3.63, 3.8) is 0 Å². The fourth-order valence-corrected chi connectivity index (χ4v) is 2.15. The van der Waals surface area contributed by atoms with Crippen molar-refractivity contribution in [1.29, 1.82) is 0 Å². The molecule has 2 unspecified atom stereocenters. The van der Waals surface area contributed by atoms with Gasteiger partial charge in [-0.2, -0.15) is 0 Å². The molecule has 0 radical (unpaired) electrons. The summed E-state index contributed by atoms with van der Waals surface area (Å²) >= 11 is 0. The molecule has 0 aromatic rings. The highest BCUT2D eigenvalue weighted by molar-refractivity contribution is 5.94. The molecule has 0 aromatic heterocycles. The molecule has 144 valence electrons. The van der Waals surface area contributed by atoms with E-state index in [9.17, 15) is 19.2 Å². The Kier molecular flexibility index (Phi) is 10.4. The van der Waals surface area contributed by atoms with E-state index in [1.165, 1.54) is 0 Å². The highest BCUT2D eigenvalue weighted by Gasteiger charge is 2.27. The van der Waals surface area contributed by atoms with Gasteiger partial charge in [0.15, 0.2) is 0 Å². The summed E-state index contributed by atoms with van der Waals surface area (Å²) < 4.78 is 0. The van der Waals surface area contributed by atoms with Gasteiger partial charge in [0.2, 0.25) is 5.91 Å². The van der Waals surface area contributed by atoms with E-state index in [4.69, 9.17) is 10.2 Å². The molecule has 6 N–H and O–H groups in total. The summed E-state index contributed by atoms with van der Waals surface area (Å²) in [5.41, 5.74) is 0. The molecule has 25 heavy (non-hydrogen) atoms. The second kappa shape index (κ2) is 11.4. The summed E-state index contributed by atoms with van der Waals surface area (Å²) in [6.45, 7) is 7.49. The minimum atomic E-state index is -1.48. The molecule has 0 heterocycles. The van der Waals surface area contributed by atoms with Crippen LogP contribution >= 0.6 is 0 Å². The molecule has 10 heteroatoms. The molecule has 0 fully saturated rings. The van der Waals surface area contributed by atoms with E-state index in [1.807, 2.05) is 13.8 Å². The third-order valence-corrected chi connectivity index (χ3v) is 3.54. The molecule has 0 rings (SSSR count). The molecule has 0 saturated carbocycles. The summed E-state index contributed by atoms with van der Waals surface area (Å²) in [5, 5.41) is 27.4. The van der Waals surface area contributed by atoms with Crippen molar-refractivity contribution in [2.24, 2.45) is 11.8 Å². The van der Waals surface area contributed by atoms with Gasteiger partial charge >= 0.3 is 12.2 Å². The first kappa shape index (κ1) is 22.8. The zero-order valence-electron chi connectivity index (χ0n) is 14.9. The van der Waals surface area contributed by atoms with Crippen LogP contribution in [0, 0.1) is 11.8 Å². The van der Waals surface area contributed by atoms with Crippen molar-refractivity contribution in [2.75, 3.05) is 6.54 Å². The van der Waals surface area contributed by atoms with Crippen molar-refractivity contribution in [2.45, 2.75) is 52.4 Å². The van der Waals surface area contributed by atoms with Crippen LogP contribution in [0.25, 0.3) is 0 Å². The quantitative estimate of drug-likeness (QED) is 0.225. The van der Waals surface area contributed by atoms with Crippen molar-refractivity contribution in [3.05, 3.63) is 0 Å². The average molecular weight is 360 g/mol. The van der Waals surface area contributed by atoms with Crippen LogP contribution in [0.4, 0.5) is 9.59 Å². The van der Waals surface area contributed by atoms with Crippen LogP contribution in [0.3, 0.4) is 0 Å². The Labute approximate surface area is 146 Å². The van der Waals surface area contributed by atoms with E-state index in [0.717, 1.165) is 6.29 Å². The third kappa shape index (κ3) is 9.62. The van der Waals surface area contributed by atoms with Crippen LogP contribution in [0.2, 0.25) is 0 Å². The Hall–Kier alpha value is -2.20. The number of aldehydes is 1. The molecule has 0 aliphatic rings. The Balaban J connectivity index is 4.87. The van der Waals surface area contributed by atoms with E-state index >= 15 is 0 Å². The Morgan fingerprint density at radius 2 is 1.60 bits per heavy atom. The largest absolute Gasteiger partial charge is 0.465 e. The number of carbonyl (C=O) groups excluding carboxylic acids is 2. The second-order valence-corrected chi connectivity index (χ2v) is 6.33. The van der Waals surface area contributed by atoms with Crippen molar-refractivity contribution < 1.29 is 29.4 Å². The van der Waals surface area contributed by atoms with Gasteiger partial charge in [0, 0.05) is 0 Å². The lowest BCUT2D eigenvalue weighted by atomic mass is 10.0. The number of nitrogens with one attached hydrogen (secondary N) is 4. The van der Waals surface area contributed by atoms with E-state index in [0.29, 0.717) is 6.54 Å². The van der Waals surface area contributed by atoms with Gasteiger partial charge in [-0.25, -0.2) is 9.59 Å². The molecule has 0 bridgehead atoms. The summed E-state index contributed by atoms with van der Waals surface area (Å²) in [7, 11) is 0. The lowest BCUT2D eigenvalue weighted by molar-refractivity contribution is -0.123. The van der Waals surface area contributed by atoms with Crippen LogP contribution in [-0.4, -0.2) is 59.4 Å². The van der Waals surface area contributed by atoms with E-state index < -0.39 is 30.3 Å². The summed E-state index contributed by atoms with van der Waals surface area (Å²) in [6.07, 6.45) is -2.51. The Bertz CT molecular complexity index is 469. The van der Waals surface area contributed by atoms with Gasteiger partial charge in [-0.05, 0) is 24.8 Å². The maximum Gasteiger partial charge on any atom is 0.411 e. The van der Waals surface area contributed by atoms with E-state index in [1.54, 1.807) is 19.2 Å². The molecule has 3 amide bonds. The fourth-order valence-electron chi connectivity index (χ4n) is 2.15. The zero-order chi connectivity index (χ0) is 19.6. The highest BCUT2D eigenvalue weighted by atomic mass is 16.4. The number of carbonyl (C=O) groups is 4. The predicted molar refractivity (Wildman–Crippen MR) is 90.2 cm³/mol. The molecule has 0 saturated heterocycles. The summed E-state index contributed by atoms with van der Waals surface area (Å²) in [5.74, 6) is -0.953. The predicted octanol–water partition coefficient (Wildman–Crippen LogP) is 0.192. The van der Waals surface area contributed by atoms with E-state index in [2.05, 4.69) is 16.0 Å². The van der Waals surface area contributed by atoms with Crippen molar-refractivity contribution in [1.82, 2.24) is 21.3 Å². The topological polar surface area (TPSA) is 157 Å². The lowest BCUT2D eigenvalue weighted by Gasteiger charge is -2.27. The maximum absolute atomic E-state index is 11.9. The van der Waals surface area contributed by atoms with Crippen LogP contribution < -0.4 is 21.3 Å². The molecule has 0 spiro atoms. The fraction of sp³-hybridized carbons (Fsp3) is 0.733. The summed E-state index contributed by atoms with van der Waals surface area (Å²) in [4.78, 5) is 44.5. The van der Waals surface area contributed by atoms with Crippen molar-refractivity contribution in [3.8, 4) is 0 Å². The molecule has 3 atom stereocenters. The van der Waals surface area contributed by atoms with Crippen molar-refractivity contribution >= 4 is 24.4 Å². The van der Waals surface area contributed by atoms with Gasteiger partial charge < -0.3 is 25.6 Å². The van der Waals surface area contributed by atoms with Gasteiger partial charge in [0.25, 0.3) is 0 Å². The van der Waals surface area contributed by atoms with Crippen LogP contribution in [0.5, 0.6) is 0 Å². The maximum atomic E-state index is 11.9. The number of carboxylic acid groups (broad SMARTS) is 2. The molecule has 0 aliphatic carbocycles. The molecular formula is C15H28N4O6. The summed E-state index contributed by atoms with van der Waals surface area (Å²) in [6, 6.07) is -1.26. The lowest BCUT2D eigenvalue weighted by Crippen LogP contribution is -2.57. The number of amides is 3. The smallest absolute Gasteiger partial charge is 0.411 e. The average Bonchev–Trinajstić information content (AvgIpc) is 2.46. The van der Waals surface area contributed by atoms with Gasteiger partial charge in [-0.3, -0.25) is 15.4 Å². The monoisotopic (exact) mass is 360 g/mol. The molecule has 0 aliphatic heterocycles. The number of imide groups is 1. The molecular weight excluding hydrogens is 332 g/mol. The number of hydrogen-bond donors (Lipinski definition) is 6. The Morgan fingerprint density at radius 3 is 2.00 bits per heavy atom. The van der Waals surface area contributed by atoms with Gasteiger partial charge in [0.05, 0.1) is 18.2 Å². The van der Waals surface area contributed by atoms with Gasteiger partial charge in [-0.1, -0.05) is 27.7 Å². The highest BCUT2D eigenvalue weighted by Crippen LogP contribution is 2.05.